The summed E-state index contributed by atoms with van der Waals surface area (Å²) in [6.07, 6.45) is 14.0. The molecule has 0 heterocycles. The van der Waals surface area contributed by atoms with Gasteiger partial charge in [-0.1, -0.05) is 90.5 Å². The van der Waals surface area contributed by atoms with Crippen LogP contribution < -0.4 is 0 Å². The van der Waals surface area contributed by atoms with Gasteiger partial charge >= 0.3 is 0 Å². The molecule has 0 aliphatic rings. The van der Waals surface area contributed by atoms with Gasteiger partial charge in [-0.2, -0.15) is 0 Å². The van der Waals surface area contributed by atoms with Gasteiger partial charge in [0, 0.05) is 17.5 Å². The largest absolute Gasteiger partial charge is 0.507 e. The predicted molar refractivity (Wildman–Crippen MR) is 133 cm³/mol. The molecular formula is C29H44O2. The highest BCUT2D eigenvalue weighted by Gasteiger charge is 2.18. The predicted octanol–water partition coefficient (Wildman–Crippen LogP) is 8.06. The van der Waals surface area contributed by atoms with Gasteiger partial charge in [0.15, 0.2) is 0 Å². The van der Waals surface area contributed by atoms with E-state index in [2.05, 4.69) is 52.0 Å². The molecule has 0 aliphatic carbocycles. The Hall–Kier alpha value is -1.96. The third-order valence-corrected chi connectivity index (χ3v) is 6.64. The third-order valence-electron chi connectivity index (χ3n) is 6.64. The lowest BCUT2D eigenvalue weighted by Crippen LogP contribution is -2.04. The average molecular weight is 425 g/mol. The summed E-state index contributed by atoms with van der Waals surface area (Å²) < 4.78 is 0. The summed E-state index contributed by atoms with van der Waals surface area (Å²) in [6.45, 7) is 8.65. The van der Waals surface area contributed by atoms with Crippen LogP contribution in [0, 0.1) is 0 Å². The van der Waals surface area contributed by atoms with Crippen LogP contribution in [0.1, 0.15) is 112 Å². The standard InChI is InChI=1S/C29H44O2/c1-5-9-11-13-15-24-19-17-22(7-3)28(30)26(24)21-27-25(16-14-12-10-6-2)20-18-23(8-4)29(27)31/h17-20,30-31H,5-16,21H2,1-4H3. The molecule has 0 saturated heterocycles. The zero-order valence-electron chi connectivity index (χ0n) is 20.4. The summed E-state index contributed by atoms with van der Waals surface area (Å²) in [5, 5.41) is 22.2. The van der Waals surface area contributed by atoms with Crippen molar-refractivity contribution < 1.29 is 10.2 Å². The van der Waals surface area contributed by atoms with Crippen LogP contribution in [0.2, 0.25) is 0 Å². The Morgan fingerprint density at radius 1 is 0.516 bits per heavy atom. The molecule has 0 radical (unpaired) electrons. The maximum Gasteiger partial charge on any atom is 0.122 e. The smallest absolute Gasteiger partial charge is 0.122 e. The lowest BCUT2D eigenvalue weighted by Gasteiger charge is -2.19. The van der Waals surface area contributed by atoms with Crippen molar-refractivity contribution in [3.63, 3.8) is 0 Å². The number of hydrogen-bond acceptors (Lipinski definition) is 2. The maximum atomic E-state index is 11.1. The molecule has 31 heavy (non-hydrogen) atoms. The van der Waals surface area contributed by atoms with E-state index in [-0.39, 0.29) is 0 Å². The van der Waals surface area contributed by atoms with E-state index in [1.807, 2.05) is 0 Å². The average Bonchev–Trinajstić information content (AvgIpc) is 2.78. The van der Waals surface area contributed by atoms with Crippen LogP contribution >= 0.6 is 0 Å². The van der Waals surface area contributed by atoms with Gasteiger partial charge < -0.3 is 10.2 Å². The number of aromatic hydroxyl groups is 2. The molecule has 0 saturated carbocycles. The van der Waals surface area contributed by atoms with Gasteiger partial charge in [0.2, 0.25) is 0 Å². The Morgan fingerprint density at radius 3 is 1.26 bits per heavy atom. The Bertz CT molecular complexity index is 739. The number of phenols is 2. The maximum absolute atomic E-state index is 11.1. The number of aryl methyl sites for hydroxylation is 4. The first-order valence-electron chi connectivity index (χ1n) is 12.7. The van der Waals surface area contributed by atoms with E-state index in [1.165, 1.54) is 49.7 Å². The first kappa shape index (κ1) is 25.3. The molecule has 0 spiro atoms. The van der Waals surface area contributed by atoms with Crippen molar-refractivity contribution in [2.24, 2.45) is 0 Å². The van der Waals surface area contributed by atoms with Gasteiger partial charge in [-0.25, -0.2) is 0 Å². The first-order chi connectivity index (χ1) is 15.1. The van der Waals surface area contributed by atoms with Gasteiger partial charge in [-0.3, -0.25) is 0 Å². The second-order valence-corrected chi connectivity index (χ2v) is 8.93. The van der Waals surface area contributed by atoms with Crippen LogP contribution in [-0.2, 0) is 32.1 Å². The molecule has 0 amide bonds. The fourth-order valence-electron chi connectivity index (χ4n) is 4.55. The van der Waals surface area contributed by atoms with E-state index in [0.29, 0.717) is 17.9 Å². The molecule has 2 nitrogen and oxygen atoms in total. The molecule has 2 heteroatoms. The second-order valence-electron chi connectivity index (χ2n) is 8.93. The molecule has 0 unspecified atom stereocenters. The van der Waals surface area contributed by atoms with Gasteiger partial charge in [0.05, 0.1) is 0 Å². The number of hydrogen-bond donors (Lipinski definition) is 2. The number of unbranched alkanes of at least 4 members (excludes halogenated alkanes) is 6. The summed E-state index contributed by atoms with van der Waals surface area (Å²) in [6, 6.07) is 8.59. The number of benzene rings is 2. The van der Waals surface area contributed by atoms with E-state index < -0.39 is 0 Å². The normalized spacial score (nSPS) is 11.2. The molecule has 0 atom stereocenters. The summed E-state index contributed by atoms with van der Waals surface area (Å²) in [4.78, 5) is 0. The first-order valence-corrected chi connectivity index (χ1v) is 12.7. The molecule has 2 aromatic rings. The fraction of sp³-hybridized carbons (Fsp3) is 0.586. The van der Waals surface area contributed by atoms with Crippen LogP contribution in [0.3, 0.4) is 0 Å². The van der Waals surface area contributed by atoms with E-state index in [4.69, 9.17) is 0 Å². The van der Waals surface area contributed by atoms with Crippen LogP contribution in [0.5, 0.6) is 11.5 Å². The van der Waals surface area contributed by atoms with E-state index >= 15 is 0 Å². The van der Waals surface area contributed by atoms with Crippen molar-refractivity contribution in [1.82, 2.24) is 0 Å². The van der Waals surface area contributed by atoms with Crippen molar-refractivity contribution >= 4 is 0 Å². The van der Waals surface area contributed by atoms with E-state index in [9.17, 15) is 10.2 Å². The van der Waals surface area contributed by atoms with Gasteiger partial charge in [-0.05, 0) is 60.8 Å². The molecule has 0 fully saturated rings. The van der Waals surface area contributed by atoms with Crippen molar-refractivity contribution in [1.29, 1.82) is 0 Å². The topological polar surface area (TPSA) is 40.5 Å². The summed E-state index contributed by atoms with van der Waals surface area (Å²) >= 11 is 0. The molecule has 2 N–H and O–H groups in total. The highest BCUT2D eigenvalue weighted by atomic mass is 16.3. The van der Waals surface area contributed by atoms with Crippen molar-refractivity contribution in [2.45, 2.75) is 111 Å². The molecular weight excluding hydrogens is 380 g/mol. The molecule has 0 bridgehead atoms. The highest BCUT2D eigenvalue weighted by molar-refractivity contribution is 5.53. The fourth-order valence-corrected chi connectivity index (χ4v) is 4.55. The molecule has 2 aromatic carbocycles. The van der Waals surface area contributed by atoms with Gasteiger partial charge in [-0.15, -0.1) is 0 Å². The molecule has 0 aromatic heterocycles. The Balaban J connectivity index is 2.39. The van der Waals surface area contributed by atoms with Gasteiger partial charge in [0.1, 0.15) is 11.5 Å². The van der Waals surface area contributed by atoms with Crippen molar-refractivity contribution in [3.8, 4) is 11.5 Å². The van der Waals surface area contributed by atoms with Gasteiger partial charge in [0.25, 0.3) is 0 Å². The van der Waals surface area contributed by atoms with Crippen LogP contribution in [0.4, 0.5) is 0 Å². The monoisotopic (exact) mass is 424 g/mol. The van der Waals surface area contributed by atoms with E-state index in [0.717, 1.165) is 60.8 Å². The van der Waals surface area contributed by atoms with E-state index in [1.54, 1.807) is 0 Å². The summed E-state index contributed by atoms with van der Waals surface area (Å²) in [5.41, 5.74) is 6.53. The van der Waals surface area contributed by atoms with Crippen LogP contribution in [0.25, 0.3) is 0 Å². The van der Waals surface area contributed by atoms with Crippen molar-refractivity contribution in [3.05, 3.63) is 57.6 Å². The Morgan fingerprint density at radius 2 is 0.903 bits per heavy atom. The highest BCUT2D eigenvalue weighted by Crippen LogP contribution is 2.35. The minimum Gasteiger partial charge on any atom is -0.507 e. The molecule has 172 valence electrons. The van der Waals surface area contributed by atoms with Crippen LogP contribution in [-0.4, -0.2) is 10.2 Å². The zero-order valence-corrected chi connectivity index (χ0v) is 20.4. The molecule has 0 aliphatic heterocycles. The minimum atomic E-state index is 0.439. The SMILES string of the molecule is CCCCCCc1ccc(CC)c(O)c1Cc1c(CCCCCC)ccc(CC)c1O. The Kier molecular flexibility index (Phi) is 11.0. The quantitative estimate of drug-likeness (QED) is 0.301. The van der Waals surface area contributed by atoms with Crippen molar-refractivity contribution in [2.75, 3.05) is 0 Å². The zero-order chi connectivity index (χ0) is 22.6. The summed E-state index contributed by atoms with van der Waals surface area (Å²) in [5.74, 6) is 0.877. The lowest BCUT2D eigenvalue weighted by molar-refractivity contribution is 0.454. The number of phenolic OH excluding ortho intramolecular Hbond substituents is 2. The third kappa shape index (κ3) is 7.02. The Labute approximate surface area is 190 Å². The number of rotatable bonds is 14. The van der Waals surface area contributed by atoms with Crippen LogP contribution in [0.15, 0.2) is 24.3 Å². The second kappa shape index (κ2) is 13.5. The molecule has 2 rings (SSSR count). The lowest BCUT2D eigenvalue weighted by atomic mass is 9.88. The summed E-state index contributed by atoms with van der Waals surface area (Å²) in [7, 11) is 0. The minimum absolute atomic E-state index is 0.439.